The molecule has 3 nitrogen and oxygen atoms in total. The average Bonchev–Trinajstić information content (AvgIpc) is 2.44. The van der Waals surface area contributed by atoms with E-state index in [-0.39, 0.29) is 5.43 Å². The molecule has 2 heterocycles. The van der Waals surface area contributed by atoms with Crippen LogP contribution in [0.3, 0.4) is 0 Å². The van der Waals surface area contributed by atoms with Crippen LogP contribution in [0.4, 0.5) is 0 Å². The quantitative estimate of drug-likeness (QED) is 0.877. The molecule has 22 heavy (non-hydrogen) atoms. The van der Waals surface area contributed by atoms with Gasteiger partial charge in [0, 0.05) is 11.1 Å². The zero-order valence-electron chi connectivity index (χ0n) is 14.2. The second-order valence-corrected chi connectivity index (χ2v) is 7.17. The molecule has 3 rings (SSSR count). The number of quaternary nitrogens is 1. The van der Waals surface area contributed by atoms with Crippen LogP contribution in [-0.2, 0) is 6.54 Å². The lowest BCUT2D eigenvalue weighted by Gasteiger charge is -2.27. The number of pyridine rings is 1. The van der Waals surface area contributed by atoms with E-state index in [1.807, 2.05) is 13.8 Å². The highest BCUT2D eigenvalue weighted by Gasteiger charge is 2.22. The standard InChI is InChI=1S/C19H26N2O/c1-12-5-7-21(8-6-12)11-16-15(4)20-17-10-13(2)9-14(3)18(17)19(16)22/h9-10,12H,5-8,11H2,1-4H3,(H,20,22)/p+1. The van der Waals surface area contributed by atoms with Gasteiger partial charge in [-0.2, -0.15) is 0 Å². The van der Waals surface area contributed by atoms with Crippen LogP contribution in [0.1, 0.15) is 42.1 Å². The van der Waals surface area contributed by atoms with Crippen molar-refractivity contribution in [1.29, 1.82) is 0 Å². The minimum absolute atomic E-state index is 0.231. The summed E-state index contributed by atoms with van der Waals surface area (Å²) < 4.78 is 0. The van der Waals surface area contributed by atoms with Crippen LogP contribution >= 0.6 is 0 Å². The maximum Gasteiger partial charge on any atom is 0.198 e. The number of nitrogens with one attached hydrogen (secondary N) is 2. The fourth-order valence-corrected chi connectivity index (χ4v) is 3.78. The molecule has 0 saturated carbocycles. The van der Waals surface area contributed by atoms with Gasteiger partial charge in [-0.15, -0.1) is 0 Å². The van der Waals surface area contributed by atoms with Gasteiger partial charge < -0.3 is 9.88 Å². The van der Waals surface area contributed by atoms with Crippen molar-refractivity contribution in [2.75, 3.05) is 13.1 Å². The summed E-state index contributed by atoms with van der Waals surface area (Å²) in [4.78, 5) is 18.0. The van der Waals surface area contributed by atoms with E-state index in [4.69, 9.17) is 0 Å². The van der Waals surface area contributed by atoms with Crippen molar-refractivity contribution < 1.29 is 4.90 Å². The number of benzene rings is 1. The van der Waals surface area contributed by atoms with Crippen molar-refractivity contribution in [3.63, 3.8) is 0 Å². The van der Waals surface area contributed by atoms with Crippen LogP contribution in [-0.4, -0.2) is 18.1 Å². The van der Waals surface area contributed by atoms with Gasteiger partial charge in [0.05, 0.1) is 24.2 Å². The number of aromatic amines is 1. The molecule has 1 aromatic carbocycles. The van der Waals surface area contributed by atoms with E-state index in [1.54, 1.807) is 4.90 Å². The normalized spacial score (nSPS) is 22.2. The number of H-pyrrole nitrogens is 1. The monoisotopic (exact) mass is 299 g/mol. The number of hydrogen-bond donors (Lipinski definition) is 2. The molecule has 0 radical (unpaired) electrons. The minimum Gasteiger partial charge on any atom is -0.358 e. The Hall–Kier alpha value is -1.61. The molecule has 1 aromatic heterocycles. The topological polar surface area (TPSA) is 37.3 Å². The molecule has 1 aliphatic rings. The molecule has 0 spiro atoms. The second kappa shape index (κ2) is 5.88. The summed E-state index contributed by atoms with van der Waals surface area (Å²) in [5.74, 6) is 0.838. The molecule has 3 heteroatoms. The summed E-state index contributed by atoms with van der Waals surface area (Å²) in [7, 11) is 0. The highest BCUT2D eigenvalue weighted by Crippen LogP contribution is 2.17. The molecule has 1 fully saturated rings. The van der Waals surface area contributed by atoms with Gasteiger partial charge in [-0.3, -0.25) is 4.79 Å². The first-order valence-corrected chi connectivity index (χ1v) is 8.42. The van der Waals surface area contributed by atoms with E-state index in [0.29, 0.717) is 0 Å². The fourth-order valence-electron chi connectivity index (χ4n) is 3.78. The zero-order valence-corrected chi connectivity index (χ0v) is 14.2. The number of hydrogen-bond acceptors (Lipinski definition) is 1. The molecule has 0 amide bonds. The number of likely N-dealkylation sites (tertiary alicyclic amines) is 1. The number of aromatic nitrogens is 1. The predicted molar refractivity (Wildman–Crippen MR) is 91.6 cm³/mol. The van der Waals surface area contributed by atoms with Crippen molar-refractivity contribution in [3.8, 4) is 0 Å². The van der Waals surface area contributed by atoms with E-state index in [2.05, 4.69) is 31.0 Å². The van der Waals surface area contributed by atoms with Crippen molar-refractivity contribution >= 4 is 10.9 Å². The van der Waals surface area contributed by atoms with Gasteiger partial charge in [0.1, 0.15) is 6.54 Å². The number of aryl methyl sites for hydroxylation is 3. The molecule has 2 aromatic rings. The molecule has 1 aliphatic heterocycles. The van der Waals surface area contributed by atoms with Crippen LogP contribution in [0.15, 0.2) is 16.9 Å². The third-order valence-corrected chi connectivity index (χ3v) is 5.16. The molecular formula is C19H27N2O+. The predicted octanol–water partition coefficient (Wildman–Crippen LogP) is 2.27. The molecule has 0 bridgehead atoms. The van der Waals surface area contributed by atoms with Crippen molar-refractivity contribution in [1.82, 2.24) is 4.98 Å². The lowest BCUT2D eigenvalue weighted by molar-refractivity contribution is -0.919. The largest absolute Gasteiger partial charge is 0.358 e. The van der Waals surface area contributed by atoms with Crippen molar-refractivity contribution in [3.05, 3.63) is 44.7 Å². The summed E-state index contributed by atoms with van der Waals surface area (Å²) in [5, 5.41) is 0.871. The maximum absolute atomic E-state index is 13.0. The lowest BCUT2D eigenvalue weighted by Crippen LogP contribution is -3.12. The Balaban J connectivity index is 2.01. The highest BCUT2D eigenvalue weighted by atomic mass is 16.1. The van der Waals surface area contributed by atoms with Gasteiger partial charge in [0.2, 0.25) is 0 Å². The third-order valence-electron chi connectivity index (χ3n) is 5.16. The van der Waals surface area contributed by atoms with E-state index in [0.717, 1.165) is 40.2 Å². The Bertz CT molecular complexity index is 752. The summed E-state index contributed by atoms with van der Waals surface area (Å²) in [5.41, 5.74) is 5.50. The minimum atomic E-state index is 0.231. The van der Waals surface area contributed by atoms with Gasteiger partial charge in [0.15, 0.2) is 5.43 Å². The summed E-state index contributed by atoms with van der Waals surface area (Å²) in [6.45, 7) is 11.7. The van der Waals surface area contributed by atoms with Gasteiger partial charge >= 0.3 is 0 Å². The molecule has 0 unspecified atom stereocenters. The highest BCUT2D eigenvalue weighted by molar-refractivity contribution is 5.83. The van der Waals surface area contributed by atoms with Gasteiger partial charge in [-0.25, -0.2) is 0 Å². The first-order chi connectivity index (χ1) is 10.5. The first-order valence-electron chi connectivity index (χ1n) is 8.42. The van der Waals surface area contributed by atoms with Gasteiger partial charge in [0.25, 0.3) is 0 Å². The third kappa shape index (κ3) is 2.82. The van der Waals surface area contributed by atoms with Crippen LogP contribution < -0.4 is 10.3 Å². The fraction of sp³-hybridized carbons (Fsp3) is 0.526. The lowest BCUT2D eigenvalue weighted by atomic mass is 9.98. The molecule has 0 aliphatic carbocycles. The van der Waals surface area contributed by atoms with E-state index >= 15 is 0 Å². The zero-order chi connectivity index (χ0) is 15.9. The maximum atomic E-state index is 13.0. The second-order valence-electron chi connectivity index (χ2n) is 7.17. The number of fused-ring (bicyclic) bond motifs is 1. The Labute approximate surface area is 132 Å². The molecule has 0 atom stereocenters. The van der Waals surface area contributed by atoms with Gasteiger partial charge in [-0.1, -0.05) is 13.0 Å². The number of piperidine rings is 1. The summed E-state index contributed by atoms with van der Waals surface area (Å²) >= 11 is 0. The smallest absolute Gasteiger partial charge is 0.198 e. The van der Waals surface area contributed by atoms with Crippen LogP contribution in [0.2, 0.25) is 0 Å². The summed E-state index contributed by atoms with van der Waals surface area (Å²) in [6, 6.07) is 4.18. The van der Waals surface area contributed by atoms with E-state index < -0.39 is 0 Å². The Morgan fingerprint density at radius 1 is 1.18 bits per heavy atom. The van der Waals surface area contributed by atoms with Gasteiger partial charge in [-0.05, 0) is 56.7 Å². The number of rotatable bonds is 2. The Morgan fingerprint density at radius 2 is 1.86 bits per heavy atom. The molecule has 118 valence electrons. The molecule has 2 N–H and O–H groups in total. The van der Waals surface area contributed by atoms with Crippen molar-refractivity contribution in [2.24, 2.45) is 5.92 Å². The summed E-state index contributed by atoms with van der Waals surface area (Å²) in [6.07, 6.45) is 2.55. The Kier molecular flexibility index (Phi) is 4.09. The van der Waals surface area contributed by atoms with Crippen LogP contribution in [0, 0.1) is 26.7 Å². The first kappa shape index (κ1) is 15.3. The van der Waals surface area contributed by atoms with Crippen LogP contribution in [0.25, 0.3) is 10.9 Å². The SMILES string of the molecule is Cc1cc(C)c2c(=O)c(C[NH+]3CCC(C)CC3)c(C)[nH]c2c1. The van der Waals surface area contributed by atoms with Crippen molar-refractivity contribution in [2.45, 2.75) is 47.1 Å². The van der Waals surface area contributed by atoms with E-state index in [1.165, 1.54) is 31.5 Å². The van der Waals surface area contributed by atoms with Crippen LogP contribution in [0.5, 0.6) is 0 Å². The molecular weight excluding hydrogens is 272 g/mol. The van der Waals surface area contributed by atoms with E-state index in [9.17, 15) is 4.79 Å². The Morgan fingerprint density at radius 3 is 2.55 bits per heavy atom. The molecule has 1 saturated heterocycles. The average molecular weight is 299 g/mol.